The summed E-state index contributed by atoms with van der Waals surface area (Å²) < 4.78 is 112. The normalized spacial score (nSPS) is 15.2. The molecule has 3 N–H and O–H groups in total. The highest BCUT2D eigenvalue weighted by Crippen LogP contribution is 2.44. The number of nitrogens with zero attached hydrogens (tertiary/aromatic N) is 2. The molecule has 0 spiro atoms. The highest BCUT2D eigenvalue weighted by molar-refractivity contribution is 7.89. The van der Waals surface area contributed by atoms with Gasteiger partial charge in [0.2, 0.25) is 10.0 Å². The van der Waals surface area contributed by atoms with Crippen LogP contribution in [0, 0.1) is 5.82 Å². The summed E-state index contributed by atoms with van der Waals surface area (Å²) in [5.41, 5.74) is 2.90. The zero-order chi connectivity index (χ0) is 28.2. The highest BCUT2D eigenvalue weighted by atomic mass is 32.2. The number of pyridine rings is 1. The van der Waals surface area contributed by atoms with Crippen LogP contribution in [0.4, 0.5) is 26.3 Å². The maximum Gasteiger partial charge on any atom is 0.407 e. The molecule has 3 aromatic rings. The number of halogens is 6. The predicted octanol–water partition coefficient (Wildman–Crippen LogP) is 4.89. The lowest BCUT2D eigenvalue weighted by Crippen LogP contribution is -2.54. The summed E-state index contributed by atoms with van der Waals surface area (Å²) in [6.07, 6.45) is -2.01. The number of hydrogen-bond acceptors (Lipinski definition) is 5. The fourth-order valence-corrected chi connectivity index (χ4v) is 5.50. The second-order valence-corrected chi connectivity index (χ2v) is 11.0. The maximum absolute atomic E-state index is 14.6. The van der Waals surface area contributed by atoms with E-state index >= 15 is 0 Å². The molecule has 206 valence electrons. The minimum Gasteiger partial charge on any atom is -0.432 e. The van der Waals surface area contributed by atoms with E-state index in [9.17, 15) is 39.6 Å². The van der Waals surface area contributed by atoms with E-state index in [-0.39, 0.29) is 33.9 Å². The molecule has 0 unspecified atom stereocenters. The number of nitrogens with two attached hydrogens (primary N) is 1. The molecule has 1 amide bonds. The number of benzene rings is 1. The molecule has 4 rings (SSSR count). The third-order valence-corrected chi connectivity index (χ3v) is 7.99. The molecule has 0 saturated heterocycles. The van der Waals surface area contributed by atoms with Gasteiger partial charge in [0.1, 0.15) is 10.4 Å². The minimum absolute atomic E-state index is 0.00519. The van der Waals surface area contributed by atoms with Gasteiger partial charge in [0.05, 0.1) is 22.5 Å². The molecular formula is C23H22F6N4O4S. The molecular weight excluding hydrogens is 542 g/mol. The lowest BCUT2D eigenvalue weighted by atomic mass is 9.92. The van der Waals surface area contributed by atoms with Gasteiger partial charge in [-0.2, -0.15) is 26.7 Å². The van der Waals surface area contributed by atoms with E-state index in [1.165, 1.54) is 0 Å². The van der Waals surface area contributed by atoms with Crippen LogP contribution in [0.3, 0.4) is 0 Å². The van der Waals surface area contributed by atoms with Crippen molar-refractivity contribution in [1.82, 2.24) is 14.3 Å². The Bertz CT molecular complexity index is 1500. The monoisotopic (exact) mass is 564 g/mol. The summed E-state index contributed by atoms with van der Waals surface area (Å²) in [6, 6.07) is 3.78. The predicted molar refractivity (Wildman–Crippen MR) is 124 cm³/mol. The lowest BCUT2D eigenvalue weighted by molar-refractivity contribution is -0.180. The molecule has 0 atom stereocenters. The molecule has 0 bridgehead atoms. The Kier molecular flexibility index (Phi) is 6.89. The molecule has 1 saturated carbocycles. The Hall–Kier alpha value is -3.33. The molecule has 15 heteroatoms. The van der Waals surface area contributed by atoms with Crippen molar-refractivity contribution in [3.8, 4) is 17.1 Å². The largest absolute Gasteiger partial charge is 0.432 e. The van der Waals surface area contributed by atoms with Crippen molar-refractivity contribution in [2.45, 2.75) is 62.4 Å². The first-order valence-corrected chi connectivity index (χ1v) is 12.7. The summed E-state index contributed by atoms with van der Waals surface area (Å²) in [6.45, 7) is -1.99. The minimum atomic E-state index is -4.88. The van der Waals surface area contributed by atoms with Gasteiger partial charge in [-0.3, -0.25) is 9.78 Å². The van der Waals surface area contributed by atoms with Gasteiger partial charge < -0.3 is 15.0 Å². The summed E-state index contributed by atoms with van der Waals surface area (Å²) in [5.74, 6) is -2.90. The first-order valence-electron chi connectivity index (χ1n) is 11.2. The molecule has 1 aliphatic rings. The average Bonchev–Trinajstić information content (AvgIpc) is 3.05. The van der Waals surface area contributed by atoms with Crippen LogP contribution in [-0.4, -0.2) is 42.2 Å². The molecule has 1 fully saturated rings. The Morgan fingerprint density at radius 2 is 1.87 bits per heavy atom. The summed E-state index contributed by atoms with van der Waals surface area (Å²) in [5, 5.41) is 0.00519. The average molecular weight is 565 g/mol. The standard InChI is InChI=1S/C23H22F6N4O4S/c1-22(2,23(27,28)29)32-38(35,36)12-6-7-15(31-10-12)19-18(20(30)34)13-8-14(24)17(37-21(25)26)9-16(13)33(19)11-4-3-5-11/h6-11,21,32H,3-5H2,1-2H3,(H2,30,34). The van der Waals surface area contributed by atoms with Crippen LogP contribution in [0.15, 0.2) is 35.4 Å². The topological polar surface area (TPSA) is 116 Å². The summed E-state index contributed by atoms with van der Waals surface area (Å²) in [4.78, 5) is 16.0. The van der Waals surface area contributed by atoms with Crippen LogP contribution in [-0.2, 0) is 10.0 Å². The van der Waals surface area contributed by atoms with Crippen LogP contribution < -0.4 is 15.2 Å². The third kappa shape index (κ3) is 4.91. The van der Waals surface area contributed by atoms with Gasteiger partial charge in [-0.25, -0.2) is 12.8 Å². The molecule has 0 radical (unpaired) electrons. The fraction of sp³-hybridized carbons (Fsp3) is 0.391. The Morgan fingerprint density at radius 3 is 2.34 bits per heavy atom. The zero-order valence-corrected chi connectivity index (χ0v) is 20.8. The van der Waals surface area contributed by atoms with Crippen molar-refractivity contribution < 1.29 is 44.3 Å². The fourth-order valence-electron chi connectivity index (χ4n) is 4.15. The van der Waals surface area contributed by atoms with Crippen LogP contribution >= 0.6 is 0 Å². The first kappa shape index (κ1) is 27.7. The molecule has 8 nitrogen and oxygen atoms in total. The molecule has 0 aliphatic heterocycles. The number of primary amides is 1. The highest BCUT2D eigenvalue weighted by Gasteiger charge is 2.50. The van der Waals surface area contributed by atoms with Crippen molar-refractivity contribution in [3.05, 3.63) is 41.8 Å². The van der Waals surface area contributed by atoms with Gasteiger partial charge in [0.15, 0.2) is 11.6 Å². The number of nitrogens with one attached hydrogen (secondary N) is 1. The zero-order valence-electron chi connectivity index (χ0n) is 19.9. The number of hydrogen-bond donors (Lipinski definition) is 2. The van der Waals surface area contributed by atoms with Crippen molar-refractivity contribution in [3.63, 3.8) is 0 Å². The molecule has 1 aliphatic carbocycles. The number of alkyl halides is 5. The summed E-state index contributed by atoms with van der Waals surface area (Å²) >= 11 is 0. The lowest BCUT2D eigenvalue weighted by Gasteiger charge is -2.30. The summed E-state index contributed by atoms with van der Waals surface area (Å²) in [7, 11) is -4.66. The molecule has 1 aromatic carbocycles. The van der Waals surface area contributed by atoms with E-state index in [0.717, 1.165) is 36.9 Å². The smallest absolute Gasteiger partial charge is 0.407 e. The Labute approximate surface area is 212 Å². The van der Waals surface area contributed by atoms with E-state index in [1.54, 1.807) is 9.29 Å². The number of sulfonamides is 1. The number of rotatable bonds is 8. The van der Waals surface area contributed by atoms with Crippen LogP contribution in [0.25, 0.3) is 22.3 Å². The third-order valence-electron chi connectivity index (χ3n) is 6.35. The van der Waals surface area contributed by atoms with Gasteiger partial charge in [-0.05, 0) is 51.3 Å². The van der Waals surface area contributed by atoms with Gasteiger partial charge in [0.25, 0.3) is 5.91 Å². The van der Waals surface area contributed by atoms with Crippen molar-refractivity contribution >= 4 is 26.8 Å². The van der Waals surface area contributed by atoms with Gasteiger partial charge in [-0.15, -0.1) is 0 Å². The van der Waals surface area contributed by atoms with E-state index in [1.807, 2.05) is 0 Å². The van der Waals surface area contributed by atoms with Gasteiger partial charge in [0, 0.05) is 23.7 Å². The number of amides is 1. The SMILES string of the molecule is CC(C)(NS(=O)(=O)c1ccc(-c2c(C(N)=O)c3cc(F)c(OC(F)F)cc3n2C2CCC2)nc1)C(F)(F)F. The second kappa shape index (κ2) is 9.45. The maximum atomic E-state index is 14.6. The first-order chi connectivity index (χ1) is 17.5. The second-order valence-electron chi connectivity index (χ2n) is 9.33. The van der Waals surface area contributed by atoms with Crippen LogP contribution in [0.1, 0.15) is 49.5 Å². The Balaban J connectivity index is 1.87. The van der Waals surface area contributed by atoms with Crippen molar-refractivity contribution in [2.75, 3.05) is 0 Å². The number of carbonyl (C=O) groups is 1. The molecule has 38 heavy (non-hydrogen) atoms. The number of fused-ring (bicyclic) bond motifs is 1. The van der Waals surface area contributed by atoms with Crippen molar-refractivity contribution in [1.29, 1.82) is 0 Å². The van der Waals surface area contributed by atoms with Crippen LogP contribution in [0.5, 0.6) is 5.75 Å². The van der Waals surface area contributed by atoms with Gasteiger partial charge >= 0.3 is 12.8 Å². The van der Waals surface area contributed by atoms with E-state index in [2.05, 4.69) is 9.72 Å². The molecule has 2 aromatic heterocycles. The number of aromatic nitrogens is 2. The van der Waals surface area contributed by atoms with Crippen molar-refractivity contribution in [2.24, 2.45) is 5.73 Å². The van der Waals surface area contributed by atoms with E-state index in [0.29, 0.717) is 26.7 Å². The van der Waals surface area contributed by atoms with Gasteiger partial charge in [-0.1, -0.05) is 0 Å². The number of carbonyl (C=O) groups excluding carboxylic acids is 1. The quantitative estimate of drug-likeness (QED) is 0.378. The Morgan fingerprint density at radius 1 is 1.21 bits per heavy atom. The van der Waals surface area contributed by atoms with E-state index < -0.39 is 50.7 Å². The molecule has 2 heterocycles. The van der Waals surface area contributed by atoms with Crippen LogP contribution in [0.2, 0.25) is 0 Å². The number of ether oxygens (including phenoxy) is 1. The van der Waals surface area contributed by atoms with E-state index in [4.69, 9.17) is 5.73 Å².